The molecule has 0 heterocycles. The van der Waals surface area contributed by atoms with E-state index in [1.54, 1.807) is 18.2 Å². The van der Waals surface area contributed by atoms with Gasteiger partial charge < -0.3 is 5.11 Å². The van der Waals surface area contributed by atoms with Gasteiger partial charge in [0.05, 0.1) is 10.2 Å². The molecule has 0 radical (unpaired) electrons. The van der Waals surface area contributed by atoms with Gasteiger partial charge in [0.1, 0.15) is 11.4 Å². The number of halogens is 7. The number of aliphatic imine (C=N–C) groups is 1. The third-order valence-electron chi connectivity index (χ3n) is 3.74. The molecule has 0 aromatic heterocycles. The highest BCUT2D eigenvalue weighted by Crippen LogP contribution is 2.36. The Morgan fingerprint density at radius 1 is 0.786 bits per heavy atom. The van der Waals surface area contributed by atoms with Gasteiger partial charge >= 0.3 is 0 Å². The van der Waals surface area contributed by atoms with E-state index in [1.807, 2.05) is 0 Å². The molecule has 2 nitrogen and oxygen atoms in total. The summed E-state index contributed by atoms with van der Waals surface area (Å²) < 4.78 is 69.5. The lowest BCUT2D eigenvalue weighted by Gasteiger charge is -2.13. The largest absolute Gasteiger partial charge is 0.506 e. The molecule has 3 rings (SSSR count). The van der Waals surface area contributed by atoms with E-state index in [-0.39, 0.29) is 27.1 Å². The van der Waals surface area contributed by atoms with Crippen LogP contribution in [-0.4, -0.2) is 10.8 Å². The average Bonchev–Trinajstić information content (AvgIpc) is 2.69. The summed E-state index contributed by atoms with van der Waals surface area (Å²) in [5, 5.41) is 10.4. The monoisotopic (exact) mass is 519 g/mol. The van der Waals surface area contributed by atoms with Crippen LogP contribution in [-0.2, 0) is 0 Å². The van der Waals surface area contributed by atoms with Gasteiger partial charge in [-0.3, -0.25) is 0 Å². The van der Waals surface area contributed by atoms with Crippen LogP contribution < -0.4 is 0 Å². The zero-order valence-electron chi connectivity index (χ0n) is 13.6. The first-order valence-corrected chi connectivity index (χ1v) is 9.15. The van der Waals surface area contributed by atoms with Crippen molar-refractivity contribution >= 4 is 43.3 Å². The number of rotatable bonds is 3. The van der Waals surface area contributed by atoms with Crippen molar-refractivity contribution in [1.29, 1.82) is 0 Å². The molecule has 9 heteroatoms. The zero-order valence-corrected chi connectivity index (χ0v) is 16.8. The Bertz CT molecular complexity index is 1070. The highest BCUT2D eigenvalue weighted by atomic mass is 79.9. The maximum absolute atomic E-state index is 14.1. The minimum atomic E-state index is -2.27. The number of aromatic hydroxyl groups is 1. The molecule has 0 aliphatic rings. The number of hydrogen-bond donors (Lipinski definition) is 1. The number of phenolic OH excluding ortho intramolecular Hbond substituents is 1. The van der Waals surface area contributed by atoms with Crippen molar-refractivity contribution in [2.24, 2.45) is 4.99 Å². The van der Waals surface area contributed by atoms with Gasteiger partial charge in [0.15, 0.2) is 23.3 Å². The van der Waals surface area contributed by atoms with Gasteiger partial charge in [0, 0.05) is 15.6 Å². The van der Waals surface area contributed by atoms with Crippen LogP contribution in [0.15, 0.2) is 56.4 Å². The summed E-state index contributed by atoms with van der Waals surface area (Å²) in [4.78, 5) is 3.72. The van der Waals surface area contributed by atoms with Crippen molar-refractivity contribution in [2.75, 3.05) is 0 Å². The van der Waals surface area contributed by atoms with Gasteiger partial charge in [0.25, 0.3) is 0 Å². The van der Waals surface area contributed by atoms with Crippen molar-refractivity contribution in [3.05, 3.63) is 91.6 Å². The minimum Gasteiger partial charge on any atom is -0.506 e. The van der Waals surface area contributed by atoms with Gasteiger partial charge in [0.2, 0.25) is 5.82 Å². The van der Waals surface area contributed by atoms with E-state index in [0.29, 0.717) is 4.47 Å². The van der Waals surface area contributed by atoms with Crippen molar-refractivity contribution in [1.82, 2.24) is 0 Å². The normalized spacial score (nSPS) is 11.8. The van der Waals surface area contributed by atoms with E-state index in [2.05, 4.69) is 36.9 Å². The second kappa shape index (κ2) is 8.00. The third kappa shape index (κ3) is 3.68. The zero-order chi connectivity index (χ0) is 20.6. The van der Waals surface area contributed by atoms with E-state index in [0.717, 1.165) is 0 Å². The minimum absolute atomic E-state index is 0.0105. The second-order valence-corrected chi connectivity index (χ2v) is 7.30. The predicted molar refractivity (Wildman–Crippen MR) is 101 cm³/mol. The molecule has 0 atom stereocenters. The quantitative estimate of drug-likeness (QED) is 0.175. The van der Waals surface area contributed by atoms with Crippen LogP contribution in [0.3, 0.4) is 0 Å². The molecule has 0 aliphatic heterocycles. The van der Waals surface area contributed by atoms with Crippen molar-refractivity contribution in [2.45, 2.75) is 0 Å². The Hall–Kier alpha value is -2.26. The maximum Gasteiger partial charge on any atom is 0.200 e. The second-order valence-electron chi connectivity index (χ2n) is 5.53. The van der Waals surface area contributed by atoms with E-state index in [4.69, 9.17) is 0 Å². The molecular formula is C19H8Br2F5NO. The molecule has 0 bridgehead atoms. The molecule has 0 amide bonds. The number of benzene rings is 3. The lowest BCUT2D eigenvalue weighted by Crippen LogP contribution is -2.07. The highest BCUT2D eigenvalue weighted by molar-refractivity contribution is 9.11. The van der Waals surface area contributed by atoms with Gasteiger partial charge in [-0.1, -0.05) is 46.3 Å². The molecule has 0 saturated heterocycles. The fourth-order valence-electron chi connectivity index (χ4n) is 2.43. The molecule has 28 heavy (non-hydrogen) atoms. The Balaban J connectivity index is 2.38. The lowest BCUT2D eigenvalue weighted by atomic mass is 10.0. The molecule has 1 N–H and O–H groups in total. The van der Waals surface area contributed by atoms with Crippen LogP contribution in [0.1, 0.15) is 11.1 Å². The van der Waals surface area contributed by atoms with Gasteiger partial charge in [-0.15, -0.1) is 0 Å². The van der Waals surface area contributed by atoms with Gasteiger partial charge in [-0.2, -0.15) is 0 Å². The molecule has 0 saturated carbocycles. The van der Waals surface area contributed by atoms with E-state index in [9.17, 15) is 27.1 Å². The average molecular weight is 521 g/mol. The first-order chi connectivity index (χ1) is 13.2. The first-order valence-electron chi connectivity index (χ1n) is 7.56. The van der Waals surface area contributed by atoms with Gasteiger partial charge in [-0.05, 0) is 28.1 Å². The van der Waals surface area contributed by atoms with Crippen LogP contribution in [0.25, 0.3) is 0 Å². The van der Waals surface area contributed by atoms with E-state index in [1.165, 1.54) is 24.3 Å². The fourth-order valence-corrected chi connectivity index (χ4v) is 3.65. The van der Waals surface area contributed by atoms with Crippen LogP contribution in [0.5, 0.6) is 5.75 Å². The van der Waals surface area contributed by atoms with Crippen molar-refractivity contribution in [3.63, 3.8) is 0 Å². The molecule has 144 valence electrons. The number of hydrogen-bond acceptors (Lipinski definition) is 2. The molecule has 0 fully saturated rings. The lowest BCUT2D eigenvalue weighted by molar-refractivity contribution is 0.381. The smallest absolute Gasteiger partial charge is 0.200 e. The number of phenols is 1. The number of nitrogens with zero attached hydrogens (tertiary/aromatic N) is 1. The first kappa shape index (κ1) is 20.5. The highest BCUT2D eigenvalue weighted by Gasteiger charge is 2.27. The molecule has 0 unspecified atom stereocenters. The van der Waals surface area contributed by atoms with Crippen LogP contribution in [0, 0.1) is 29.1 Å². The predicted octanol–water partition coefficient (Wildman–Crippen LogP) is 6.78. The summed E-state index contributed by atoms with van der Waals surface area (Å²) in [7, 11) is 0. The molecule has 0 aliphatic carbocycles. The molecular weight excluding hydrogens is 513 g/mol. The Morgan fingerprint density at radius 3 is 1.89 bits per heavy atom. The van der Waals surface area contributed by atoms with Crippen LogP contribution in [0.2, 0.25) is 0 Å². The van der Waals surface area contributed by atoms with Crippen LogP contribution in [0.4, 0.5) is 27.6 Å². The van der Waals surface area contributed by atoms with Gasteiger partial charge in [-0.25, -0.2) is 26.9 Å². The van der Waals surface area contributed by atoms with Crippen LogP contribution >= 0.6 is 31.9 Å². The van der Waals surface area contributed by atoms with E-state index < -0.39 is 34.8 Å². The SMILES string of the molecule is Oc1c(Br)cc(Br)cc1C(=Nc1c(F)c(F)c(F)c(F)c1F)c1ccccc1. The molecule has 3 aromatic rings. The Morgan fingerprint density at radius 2 is 1.32 bits per heavy atom. The molecule has 3 aromatic carbocycles. The van der Waals surface area contributed by atoms with Crippen molar-refractivity contribution in [3.8, 4) is 5.75 Å². The summed E-state index contributed by atoms with van der Waals surface area (Å²) in [5.74, 6) is -11.0. The standard InChI is InChI=1S/C19H8Br2F5NO/c20-9-6-10(19(28)11(21)7-9)17(8-4-2-1-3-5-8)27-18-15(25)13(23)12(22)14(24)16(18)26/h1-7,28H. The topological polar surface area (TPSA) is 32.6 Å². The fraction of sp³-hybridized carbons (Fsp3) is 0. The molecule has 0 spiro atoms. The Kier molecular flexibility index (Phi) is 5.85. The van der Waals surface area contributed by atoms with Crippen molar-refractivity contribution < 1.29 is 27.1 Å². The summed E-state index contributed by atoms with van der Waals surface area (Å²) in [6.07, 6.45) is 0. The Labute approximate surface area is 172 Å². The third-order valence-corrected chi connectivity index (χ3v) is 4.80. The van der Waals surface area contributed by atoms with E-state index >= 15 is 0 Å². The summed E-state index contributed by atoms with van der Waals surface area (Å²) in [5.41, 5.74) is -1.25. The summed E-state index contributed by atoms with van der Waals surface area (Å²) >= 11 is 6.35. The summed E-state index contributed by atoms with van der Waals surface area (Å²) in [6, 6.07) is 10.8. The summed E-state index contributed by atoms with van der Waals surface area (Å²) in [6.45, 7) is 0. The maximum atomic E-state index is 14.1.